The van der Waals surface area contributed by atoms with Crippen molar-refractivity contribution in [1.82, 2.24) is 5.32 Å². The number of hydrogen-bond donors (Lipinski definition) is 1. The van der Waals surface area contributed by atoms with Crippen molar-refractivity contribution >= 4 is 34.5 Å². The van der Waals surface area contributed by atoms with Crippen molar-refractivity contribution in [3.63, 3.8) is 0 Å². The minimum atomic E-state index is -0.335. The van der Waals surface area contributed by atoms with Crippen LogP contribution in [0.2, 0.25) is 0 Å². The summed E-state index contributed by atoms with van der Waals surface area (Å²) in [5, 5.41) is 2.89. The van der Waals surface area contributed by atoms with Crippen LogP contribution in [0.1, 0.15) is 30.1 Å². The summed E-state index contributed by atoms with van der Waals surface area (Å²) in [7, 11) is 0. The number of rotatable bonds is 12. The molecule has 0 radical (unpaired) electrons. The summed E-state index contributed by atoms with van der Waals surface area (Å²) >= 11 is 2.18. The van der Waals surface area contributed by atoms with Gasteiger partial charge in [0, 0.05) is 22.2 Å². The van der Waals surface area contributed by atoms with Gasteiger partial charge in [-0.3, -0.25) is 9.59 Å². The van der Waals surface area contributed by atoms with Crippen molar-refractivity contribution in [2.24, 2.45) is 0 Å². The normalized spacial score (nSPS) is 11.6. The average molecular weight is 461 g/mol. The molecule has 0 spiro atoms. The molecule has 0 aliphatic rings. The quantitative estimate of drug-likeness (QED) is 0.170. The van der Waals surface area contributed by atoms with Gasteiger partial charge in [-0.05, 0) is 60.2 Å². The van der Waals surface area contributed by atoms with Crippen LogP contribution in [0.25, 0.3) is 0 Å². The summed E-state index contributed by atoms with van der Waals surface area (Å²) in [4.78, 5) is 24.0. The number of halogens is 1. The third-order valence-electron chi connectivity index (χ3n) is 3.19. The Morgan fingerprint density at radius 3 is 2.64 bits per heavy atom. The van der Waals surface area contributed by atoms with Crippen LogP contribution >= 0.6 is 22.6 Å². The predicted molar refractivity (Wildman–Crippen MR) is 103 cm³/mol. The minimum Gasteiger partial charge on any atom is -0.461 e. The summed E-state index contributed by atoms with van der Waals surface area (Å²) < 4.78 is 16.5. The maximum absolute atomic E-state index is 12.3. The lowest BCUT2D eigenvalue weighted by Gasteiger charge is -2.18. The molecule has 0 saturated heterocycles. The summed E-state index contributed by atoms with van der Waals surface area (Å²) in [6.07, 6.45) is 2.11. The second kappa shape index (κ2) is 12.8. The molecule has 6 nitrogen and oxygen atoms in total. The first kappa shape index (κ1) is 21.6. The summed E-state index contributed by atoms with van der Waals surface area (Å²) in [6, 6.07) is 6.93. The van der Waals surface area contributed by atoms with Gasteiger partial charge in [-0.1, -0.05) is 12.7 Å². The summed E-state index contributed by atoms with van der Waals surface area (Å²) in [5.41, 5.74) is 0.560. The smallest absolute Gasteiger partial charge is 0.306 e. The van der Waals surface area contributed by atoms with Crippen LogP contribution in [0.5, 0.6) is 0 Å². The van der Waals surface area contributed by atoms with Crippen molar-refractivity contribution in [1.29, 1.82) is 0 Å². The van der Waals surface area contributed by atoms with Crippen LogP contribution in [-0.2, 0) is 19.0 Å². The highest BCUT2D eigenvalue weighted by Crippen LogP contribution is 2.08. The number of nitrogens with one attached hydrogen (secondary N) is 1. The van der Waals surface area contributed by atoms with Crippen LogP contribution in [0, 0.1) is 3.57 Å². The average Bonchev–Trinajstić information content (AvgIpc) is 2.61. The van der Waals surface area contributed by atoms with Gasteiger partial charge >= 0.3 is 5.97 Å². The highest BCUT2D eigenvalue weighted by atomic mass is 127. The van der Waals surface area contributed by atoms with Gasteiger partial charge in [-0.15, -0.1) is 0 Å². The van der Waals surface area contributed by atoms with Crippen molar-refractivity contribution in [2.75, 3.05) is 26.6 Å². The van der Waals surface area contributed by atoms with Gasteiger partial charge < -0.3 is 19.5 Å². The summed E-state index contributed by atoms with van der Waals surface area (Å²) in [5.74, 6) is -0.543. The molecule has 1 aromatic rings. The molecule has 7 heteroatoms. The third kappa shape index (κ3) is 9.57. The van der Waals surface area contributed by atoms with Crippen LogP contribution in [0.4, 0.5) is 0 Å². The van der Waals surface area contributed by atoms with E-state index >= 15 is 0 Å². The van der Waals surface area contributed by atoms with E-state index < -0.39 is 0 Å². The van der Waals surface area contributed by atoms with Gasteiger partial charge in [0.05, 0.1) is 12.6 Å². The number of hydrogen-bond acceptors (Lipinski definition) is 5. The molecular weight excluding hydrogens is 437 g/mol. The Kier molecular flexibility index (Phi) is 11.1. The van der Waals surface area contributed by atoms with E-state index in [-0.39, 0.29) is 44.3 Å². The molecule has 0 saturated carbocycles. The molecule has 1 rings (SSSR count). The van der Waals surface area contributed by atoms with Gasteiger partial charge in [0.1, 0.15) is 13.4 Å². The number of carbonyl (C=O) groups excluding carboxylic acids is 2. The molecule has 0 aliphatic carbocycles. The maximum Gasteiger partial charge on any atom is 0.306 e. The van der Waals surface area contributed by atoms with Gasteiger partial charge in [0.2, 0.25) is 0 Å². The standard InChI is InChI=1S/C18H24INO5/c1-3-11-25-17(21)10-9-16(12-24-13-23-4-2)20-18(22)14-5-7-15(19)8-6-14/h3,5-8,16H,1,4,9-13H2,2H3,(H,20,22)/t16-/m0/s1. The lowest BCUT2D eigenvalue weighted by atomic mass is 10.1. The Morgan fingerprint density at radius 2 is 2.00 bits per heavy atom. The first-order valence-electron chi connectivity index (χ1n) is 8.05. The third-order valence-corrected chi connectivity index (χ3v) is 3.91. The van der Waals surface area contributed by atoms with Gasteiger partial charge in [0.25, 0.3) is 5.91 Å². The van der Waals surface area contributed by atoms with Crippen LogP contribution in [0.3, 0.4) is 0 Å². The molecule has 1 amide bonds. The number of carbonyl (C=O) groups is 2. The Bertz CT molecular complexity index is 547. The van der Waals surface area contributed by atoms with E-state index in [0.29, 0.717) is 18.6 Å². The second-order valence-corrected chi connectivity index (χ2v) is 6.41. The minimum absolute atomic E-state index is 0.146. The summed E-state index contributed by atoms with van der Waals surface area (Å²) in [6.45, 7) is 6.50. The molecule has 0 unspecified atom stereocenters. The lowest BCUT2D eigenvalue weighted by Crippen LogP contribution is -2.39. The van der Waals surface area contributed by atoms with E-state index in [4.69, 9.17) is 14.2 Å². The molecule has 25 heavy (non-hydrogen) atoms. The zero-order valence-electron chi connectivity index (χ0n) is 14.3. The molecule has 0 heterocycles. The molecule has 1 atom stereocenters. The van der Waals surface area contributed by atoms with Crippen LogP contribution in [0.15, 0.2) is 36.9 Å². The second-order valence-electron chi connectivity index (χ2n) is 5.17. The molecule has 138 valence electrons. The van der Waals surface area contributed by atoms with Crippen LogP contribution < -0.4 is 5.32 Å². The Morgan fingerprint density at radius 1 is 1.28 bits per heavy atom. The van der Waals surface area contributed by atoms with Crippen molar-refractivity contribution < 1.29 is 23.8 Å². The zero-order valence-corrected chi connectivity index (χ0v) is 16.5. The van der Waals surface area contributed by atoms with E-state index in [0.717, 1.165) is 3.57 Å². The lowest BCUT2D eigenvalue weighted by molar-refractivity contribution is -0.142. The topological polar surface area (TPSA) is 73.9 Å². The van der Waals surface area contributed by atoms with E-state index in [1.807, 2.05) is 19.1 Å². The fraction of sp³-hybridized carbons (Fsp3) is 0.444. The number of amides is 1. The Hall–Kier alpha value is -1.45. The number of ether oxygens (including phenoxy) is 3. The SMILES string of the molecule is C=CCOC(=O)CC[C@@H](COCOCC)NC(=O)c1ccc(I)cc1. The van der Waals surface area contributed by atoms with Crippen molar-refractivity contribution in [3.05, 3.63) is 46.1 Å². The van der Waals surface area contributed by atoms with Gasteiger partial charge in [-0.25, -0.2) is 0 Å². The first-order chi connectivity index (χ1) is 12.1. The molecule has 1 N–H and O–H groups in total. The zero-order chi connectivity index (χ0) is 18.5. The van der Waals surface area contributed by atoms with Crippen molar-refractivity contribution in [2.45, 2.75) is 25.8 Å². The number of esters is 1. The van der Waals surface area contributed by atoms with Gasteiger partial charge in [-0.2, -0.15) is 0 Å². The maximum atomic E-state index is 12.3. The van der Waals surface area contributed by atoms with Crippen molar-refractivity contribution in [3.8, 4) is 0 Å². The van der Waals surface area contributed by atoms with Gasteiger partial charge in [0.15, 0.2) is 0 Å². The molecule has 0 aliphatic heterocycles. The fourth-order valence-electron chi connectivity index (χ4n) is 1.92. The first-order valence-corrected chi connectivity index (χ1v) is 9.13. The molecule has 0 fully saturated rings. The molecule has 1 aromatic carbocycles. The van der Waals surface area contributed by atoms with E-state index in [1.54, 1.807) is 12.1 Å². The Balaban J connectivity index is 2.56. The molecular formula is C18H24INO5. The highest BCUT2D eigenvalue weighted by Gasteiger charge is 2.16. The highest BCUT2D eigenvalue weighted by molar-refractivity contribution is 14.1. The van der Waals surface area contributed by atoms with E-state index in [1.165, 1.54) is 6.08 Å². The van der Waals surface area contributed by atoms with E-state index in [9.17, 15) is 9.59 Å². The van der Waals surface area contributed by atoms with Crippen LogP contribution in [-0.4, -0.2) is 44.5 Å². The van der Waals surface area contributed by atoms with E-state index in [2.05, 4.69) is 34.5 Å². The Labute approximate surface area is 162 Å². The number of benzene rings is 1. The molecule has 0 bridgehead atoms. The largest absolute Gasteiger partial charge is 0.461 e. The monoisotopic (exact) mass is 461 g/mol. The fourth-order valence-corrected chi connectivity index (χ4v) is 2.28. The predicted octanol–water partition coefficient (Wildman–Crippen LogP) is 2.91. The molecule has 0 aromatic heterocycles.